The van der Waals surface area contributed by atoms with Crippen LogP contribution in [0.25, 0.3) is 21.5 Å². The number of likely N-dealkylation sites (tertiary alicyclic amines) is 2. The number of halogens is 1. The molecule has 9 heteroatoms. The van der Waals surface area contributed by atoms with Crippen LogP contribution in [0.4, 0.5) is 0 Å². The van der Waals surface area contributed by atoms with Crippen molar-refractivity contribution in [2.75, 3.05) is 20.1 Å². The average Bonchev–Trinajstić information content (AvgIpc) is 3.08. The second-order valence-electron chi connectivity index (χ2n) is 11.5. The lowest BCUT2D eigenvalue weighted by molar-refractivity contribution is -0.143. The van der Waals surface area contributed by atoms with Crippen molar-refractivity contribution in [3.05, 3.63) is 40.0 Å². The zero-order chi connectivity index (χ0) is 26.2. The Kier molecular flexibility index (Phi) is 5.86. The number of hydrogen-bond donors (Lipinski definition) is 0. The summed E-state index contributed by atoms with van der Waals surface area (Å²) >= 11 is 8.04. The van der Waals surface area contributed by atoms with E-state index < -0.39 is 0 Å². The molecule has 3 aliphatic rings. The van der Waals surface area contributed by atoms with E-state index >= 15 is 0 Å². The highest BCUT2D eigenvalue weighted by Gasteiger charge is 2.72. The maximum Gasteiger partial charge on any atom is 0.234 e. The first kappa shape index (κ1) is 24.8. The summed E-state index contributed by atoms with van der Waals surface area (Å²) in [5.41, 5.74) is 3.13. The predicted octanol–water partition coefficient (Wildman–Crippen LogP) is 5.18. The van der Waals surface area contributed by atoms with Crippen LogP contribution < -0.4 is 4.74 Å². The van der Waals surface area contributed by atoms with Crippen LogP contribution in [-0.4, -0.2) is 57.8 Å². The van der Waals surface area contributed by atoms with Crippen molar-refractivity contribution < 1.29 is 14.3 Å². The number of aromatic nitrogens is 2. The average molecular weight is 539 g/mol. The number of ether oxygens (including phenoxy) is 1. The van der Waals surface area contributed by atoms with E-state index in [2.05, 4.69) is 28.8 Å². The molecular weight excluding hydrogens is 508 g/mol. The van der Waals surface area contributed by atoms with Crippen molar-refractivity contribution in [3.8, 4) is 17.0 Å². The van der Waals surface area contributed by atoms with Crippen molar-refractivity contribution >= 4 is 45.0 Å². The molecule has 1 aromatic carbocycles. The van der Waals surface area contributed by atoms with Gasteiger partial charge in [-0.15, -0.1) is 11.3 Å². The third-order valence-electron chi connectivity index (χ3n) is 8.36. The van der Waals surface area contributed by atoms with E-state index in [0.29, 0.717) is 10.9 Å². The fourth-order valence-corrected chi connectivity index (χ4v) is 7.59. The lowest BCUT2D eigenvalue weighted by Crippen LogP contribution is -2.42. The minimum atomic E-state index is -0.213. The number of carbonyl (C=O) groups is 2. The number of nitrogens with zero attached hydrogens (tertiary/aromatic N) is 4. The summed E-state index contributed by atoms with van der Waals surface area (Å²) in [6.07, 6.45) is 2.61. The highest BCUT2D eigenvalue weighted by molar-refractivity contribution is 7.19. The zero-order valence-corrected chi connectivity index (χ0v) is 23.3. The molecule has 4 atom stereocenters. The smallest absolute Gasteiger partial charge is 0.234 e. The molecule has 6 rings (SSSR count). The molecule has 2 aliphatic heterocycles. The van der Waals surface area contributed by atoms with Gasteiger partial charge in [0.1, 0.15) is 18.2 Å². The van der Waals surface area contributed by atoms with E-state index in [0.717, 1.165) is 57.2 Å². The number of benzene rings is 1. The van der Waals surface area contributed by atoms with Crippen LogP contribution in [0.15, 0.2) is 24.5 Å². The first-order chi connectivity index (χ1) is 17.6. The third-order valence-corrected chi connectivity index (χ3v) is 9.70. The van der Waals surface area contributed by atoms with E-state index in [1.54, 1.807) is 6.33 Å². The maximum absolute atomic E-state index is 12.9. The van der Waals surface area contributed by atoms with Crippen molar-refractivity contribution in [1.82, 2.24) is 19.8 Å². The van der Waals surface area contributed by atoms with Crippen LogP contribution in [0, 0.1) is 30.1 Å². The molecule has 194 valence electrons. The summed E-state index contributed by atoms with van der Waals surface area (Å²) < 4.78 is 7.57. The molecule has 3 fully saturated rings. The van der Waals surface area contributed by atoms with Gasteiger partial charge in [0.2, 0.25) is 11.8 Å². The Morgan fingerprint density at radius 2 is 1.89 bits per heavy atom. The minimum absolute atomic E-state index is 0.0582. The minimum Gasteiger partial charge on any atom is -0.489 e. The molecule has 2 saturated heterocycles. The molecule has 0 N–H and O–H groups in total. The van der Waals surface area contributed by atoms with Gasteiger partial charge >= 0.3 is 0 Å². The van der Waals surface area contributed by atoms with Gasteiger partial charge in [-0.25, -0.2) is 9.97 Å². The number of carbonyl (C=O) groups excluding carboxylic acids is 2. The molecule has 37 heavy (non-hydrogen) atoms. The summed E-state index contributed by atoms with van der Waals surface area (Å²) in [6, 6.07) is 5.79. The molecule has 2 aromatic heterocycles. The van der Waals surface area contributed by atoms with Gasteiger partial charge in [-0.2, -0.15) is 0 Å². The Labute approximate surface area is 225 Å². The molecular formula is C28H31ClN4O3S. The van der Waals surface area contributed by atoms with Crippen LogP contribution >= 0.6 is 22.9 Å². The Morgan fingerprint density at radius 1 is 1.16 bits per heavy atom. The van der Waals surface area contributed by atoms with Crippen molar-refractivity contribution in [3.63, 3.8) is 0 Å². The van der Waals surface area contributed by atoms with Gasteiger partial charge in [0.05, 0.1) is 34.3 Å². The molecule has 4 heterocycles. The number of aryl methyl sites for hydroxylation is 1. The lowest BCUT2D eigenvalue weighted by Gasteiger charge is -2.35. The summed E-state index contributed by atoms with van der Waals surface area (Å²) in [4.78, 5) is 39.6. The lowest BCUT2D eigenvalue weighted by atomic mass is 9.96. The van der Waals surface area contributed by atoms with Crippen molar-refractivity contribution in [1.29, 1.82) is 0 Å². The topological polar surface area (TPSA) is 75.6 Å². The van der Waals surface area contributed by atoms with E-state index in [-0.39, 0.29) is 41.7 Å². The first-order valence-electron chi connectivity index (χ1n) is 12.8. The molecule has 1 aliphatic carbocycles. The summed E-state index contributed by atoms with van der Waals surface area (Å²) in [5, 5.41) is 0.620. The molecule has 0 radical (unpaired) electrons. The molecule has 3 aromatic rings. The van der Waals surface area contributed by atoms with Gasteiger partial charge in [-0.05, 0) is 49.6 Å². The largest absolute Gasteiger partial charge is 0.489 e. The highest BCUT2D eigenvalue weighted by atomic mass is 35.5. The first-order valence-corrected chi connectivity index (χ1v) is 14.0. The van der Waals surface area contributed by atoms with Gasteiger partial charge in [0, 0.05) is 34.5 Å². The van der Waals surface area contributed by atoms with Gasteiger partial charge in [-0.3, -0.25) is 14.5 Å². The number of amides is 2. The second kappa shape index (κ2) is 8.75. The van der Waals surface area contributed by atoms with E-state index in [1.165, 1.54) is 16.2 Å². The SMILES string of the molecule is Cc1cc(Cl)cc(-c2ncnc3cc(CN4C(=O)C5C(C4=O)C5(C)C)sc23)c1O[C@@H]1CCN(C)C[C@@H]1C. The summed E-state index contributed by atoms with van der Waals surface area (Å²) in [5.74, 6) is 0.719. The van der Waals surface area contributed by atoms with Crippen LogP contribution in [0.5, 0.6) is 5.75 Å². The highest BCUT2D eigenvalue weighted by Crippen LogP contribution is 2.63. The molecule has 7 nitrogen and oxygen atoms in total. The summed E-state index contributed by atoms with van der Waals surface area (Å²) in [6.45, 7) is 10.5. The molecule has 0 bridgehead atoms. The fourth-order valence-electron chi connectivity index (χ4n) is 6.21. The van der Waals surface area contributed by atoms with Gasteiger partial charge in [0.25, 0.3) is 0 Å². The maximum atomic E-state index is 12.9. The molecule has 1 saturated carbocycles. The number of hydrogen-bond acceptors (Lipinski definition) is 7. The van der Waals surface area contributed by atoms with Gasteiger partial charge < -0.3 is 9.64 Å². The van der Waals surface area contributed by atoms with Crippen LogP contribution in [0.2, 0.25) is 5.02 Å². The fraction of sp³-hybridized carbons (Fsp3) is 0.500. The number of fused-ring (bicyclic) bond motifs is 2. The number of rotatable bonds is 5. The Morgan fingerprint density at radius 3 is 2.59 bits per heavy atom. The predicted molar refractivity (Wildman–Crippen MR) is 145 cm³/mol. The molecule has 2 amide bonds. The zero-order valence-electron chi connectivity index (χ0n) is 21.7. The Bertz CT molecular complexity index is 1410. The van der Waals surface area contributed by atoms with Crippen LogP contribution in [0.1, 0.15) is 37.6 Å². The van der Waals surface area contributed by atoms with Crippen molar-refractivity contribution in [2.24, 2.45) is 23.2 Å². The number of thiophene rings is 1. The van der Waals surface area contributed by atoms with Gasteiger partial charge in [0.15, 0.2) is 0 Å². The number of imide groups is 1. The van der Waals surface area contributed by atoms with Gasteiger partial charge in [-0.1, -0.05) is 32.4 Å². The quantitative estimate of drug-likeness (QED) is 0.417. The van der Waals surface area contributed by atoms with Crippen molar-refractivity contribution in [2.45, 2.75) is 46.8 Å². The van der Waals surface area contributed by atoms with E-state index in [4.69, 9.17) is 16.3 Å². The number of piperidine rings is 2. The summed E-state index contributed by atoms with van der Waals surface area (Å²) in [7, 11) is 2.14. The third kappa shape index (κ3) is 4.04. The molecule has 2 unspecified atom stereocenters. The Balaban J connectivity index is 1.34. The monoisotopic (exact) mass is 538 g/mol. The van der Waals surface area contributed by atoms with E-state index in [1.807, 2.05) is 39.0 Å². The normalized spacial score (nSPS) is 27.1. The van der Waals surface area contributed by atoms with E-state index in [9.17, 15) is 9.59 Å². The second-order valence-corrected chi connectivity index (χ2v) is 13.0. The van der Waals surface area contributed by atoms with Crippen LogP contribution in [0.3, 0.4) is 0 Å². The Hall–Kier alpha value is -2.55. The van der Waals surface area contributed by atoms with Crippen LogP contribution in [-0.2, 0) is 16.1 Å². The standard InChI is InChI=1S/C28H31ClN4O3S/c1-14-8-16(29)9-18(24(14)36-20-6-7-32(5)11-15(20)2)23-25-19(30-13-31-23)10-17(37-25)12-33-26(34)21-22(27(33)35)28(21,3)4/h8-10,13,15,20-22H,6-7,11-12H2,1-5H3/t15-,20+,21?,22?/m0/s1. The molecule has 0 spiro atoms.